The molecule has 0 bridgehead atoms. The topological polar surface area (TPSA) is 58.8 Å². The molecule has 0 aromatic heterocycles. The van der Waals surface area contributed by atoms with Crippen LogP contribution in [0.15, 0.2) is 0 Å². The van der Waals surface area contributed by atoms with Gasteiger partial charge in [0.2, 0.25) is 5.91 Å². The van der Waals surface area contributed by atoms with Gasteiger partial charge in [-0.25, -0.2) is 0 Å². The molecular weight excluding hydrogens is 262 g/mol. The van der Waals surface area contributed by atoms with Crippen molar-refractivity contribution >= 4 is 23.1 Å². The van der Waals surface area contributed by atoms with Crippen molar-refractivity contribution in [2.75, 3.05) is 46.9 Å². The van der Waals surface area contributed by atoms with Crippen LogP contribution in [-0.2, 0) is 9.53 Å². The maximum atomic E-state index is 12.0. The van der Waals surface area contributed by atoms with Crippen molar-refractivity contribution in [1.29, 1.82) is 0 Å². The molecule has 0 aliphatic carbocycles. The molecule has 0 aromatic carbocycles. The van der Waals surface area contributed by atoms with E-state index in [0.29, 0.717) is 30.4 Å². The summed E-state index contributed by atoms with van der Waals surface area (Å²) in [5.74, 6) is 0.763. The Morgan fingerprint density at radius 1 is 1.37 bits per heavy atom. The van der Waals surface area contributed by atoms with Crippen LogP contribution in [0.5, 0.6) is 0 Å². The van der Waals surface area contributed by atoms with Gasteiger partial charge in [-0.05, 0) is 25.8 Å². The van der Waals surface area contributed by atoms with Crippen molar-refractivity contribution in [2.45, 2.75) is 19.3 Å². The van der Waals surface area contributed by atoms with Crippen LogP contribution in [0, 0.1) is 5.92 Å². The summed E-state index contributed by atoms with van der Waals surface area (Å²) in [6, 6.07) is 0. The number of nitrogens with zero attached hydrogens (tertiary/aromatic N) is 2. The average molecular weight is 287 g/mol. The Bertz CT molecular complexity index is 306. The van der Waals surface area contributed by atoms with Crippen LogP contribution < -0.4 is 5.73 Å². The summed E-state index contributed by atoms with van der Waals surface area (Å²) in [7, 11) is 3.79. The van der Waals surface area contributed by atoms with Gasteiger partial charge in [0.1, 0.15) is 0 Å². The molecule has 1 saturated heterocycles. The Morgan fingerprint density at radius 3 is 2.58 bits per heavy atom. The maximum Gasteiger partial charge on any atom is 0.236 e. The lowest BCUT2D eigenvalue weighted by molar-refractivity contribution is -0.130. The highest BCUT2D eigenvalue weighted by atomic mass is 32.1. The van der Waals surface area contributed by atoms with E-state index in [4.69, 9.17) is 22.7 Å². The van der Waals surface area contributed by atoms with Gasteiger partial charge in [-0.2, -0.15) is 0 Å². The van der Waals surface area contributed by atoms with Crippen LogP contribution in [-0.4, -0.2) is 67.6 Å². The highest BCUT2D eigenvalue weighted by molar-refractivity contribution is 7.80. The average Bonchev–Trinajstić information content (AvgIpc) is 2.36. The van der Waals surface area contributed by atoms with Crippen LogP contribution >= 0.6 is 12.2 Å². The third-order valence-electron chi connectivity index (χ3n) is 3.44. The Hall–Kier alpha value is -0.720. The van der Waals surface area contributed by atoms with E-state index in [1.165, 1.54) is 0 Å². The number of nitrogens with two attached hydrogens (primary N) is 1. The molecule has 1 rings (SSSR count). The number of rotatable bonds is 7. The van der Waals surface area contributed by atoms with Crippen molar-refractivity contribution in [3.8, 4) is 0 Å². The van der Waals surface area contributed by atoms with E-state index in [-0.39, 0.29) is 5.91 Å². The van der Waals surface area contributed by atoms with Gasteiger partial charge in [0, 0.05) is 39.8 Å². The molecule has 1 amide bonds. The number of ether oxygens (including phenoxy) is 1. The number of hydrogen-bond acceptors (Lipinski definition) is 4. The van der Waals surface area contributed by atoms with Gasteiger partial charge in [0.25, 0.3) is 0 Å². The molecule has 0 spiro atoms. The smallest absolute Gasteiger partial charge is 0.236 e. The minimum Gasteiger partial charge on any atom is -0.393 e. The Kier molecular flexibility index (Phi) is 7.27. The second kappa shape index (κ2) is 8.45. The molecule has 1 aliphatic rings. The number of carbonyl (C=O) groups excluding carboxylic acids is 1. The van der Waals surface area contributed by atoms with E-state index in [2.05, 4.69) is 4.90 Å². The van der Waals surface area contributed by atoms with E-state index < -0.39 is 0 Å². The second-order valence-electron chi connectivity index (χ2n) is 5.28. The first-order valence-electron chi connectivity index (χ1n) is 6.77. The largest absolute Gasteiger partial charge is 0.393 e. The van der Waals surface area contributed by atoms with Crippen molar-refractivity contribution in [3.63, 3.8) is 0 Å². The third-order valence-corrected chi connectivity index (χ3v) is 3.64. The van der Waals surface area contributed by atoms with Crippen LogP contribution in [0.1, 0.15) is 19.3 Å². The minimum atomic E-state index is 0.116. The quantitative estimate of drug-likeness (QED) is 0.690. The highest BCUT2D eigenvalue weighted by Crippen LogP contribution is 2.15. The zero-order chi connectivity index (χ0) is 14.3. The molecule has 0 aromatic rings. The molecule has 5 nitrogen and oxygen atoms in total. The lowest BCUT2D eigenvalue weighted by atomic mass is 10.00. The number of thiocarbonyl (C=S) groups is 1. The van der Waals surface area contributed by atoms with E-state index in [0.717, 1.165) is 32.6 Å². The van der Waals surface area contributed by atoms with Crippen LogP contribution in [0.3, 0.4) is 0 Å². The zero-order valence-electron chi connectivity index (χ0n) is 11.9. The first-order chi connectivity index (χ1) is 8.99. The molecule has 110 valence electrons. The van der Waals surface area contributed by atoms with Gasteiger partial charge in [0.05, 0.1) is 11.5 Å². The third kappa shape index (κ3) is 6.84. The summed E-state index contributed by atoms with van der Waals surface area (Å²) in [6.07, 6.45) is 2.77. The van der Waals surface area contributed by atoms with E-state index in [9.17, 15) is 4.79 Å². The number of hydrogen-bond donors (Lipinski definition) is 1. The first-order valence-corrected chi connectivity index (χ1v) is 7.18. The lowest BCUT2D eigenvalue weighted by Gasteiger charge is -2.28. The molecule has 19 heavy (non-hydrogen) atoms. The van der Waals surface area contributed by atoms with Crippen LogP contribution in [0.4, 0.5) is 0 Å². The van der Waals surface area contributed by atoms with E-state index in [1.807, 2.05) is 7.05 Å². The fourth-order valence-electron chi connectivity index (χ4n) is 2.19. The van der Waals surface area contributed by atoms with E-state index in [1.54, 1.807) is 11.9 Å². The first kappa shape index (κ1) is 16.3. The fraction of sp³-hybridized carbons (Fsp3) is 0.846. The highest BCUT2D eigenvalue weighted by Gasteiger charge is 2.18. The van der Waals surface area contributed by atoms with Gasteiger partial charge < -0.3 is 15.4 Å². The van der Waals surface area contributed by atoms with Gasteiger partial charge in [-0.3, -0.25) is 9.69 Å². The molecule has 0 atom stereocenters. The monoisotopic (exact) mass is 287 g/mol. The maximum absolute atomic E-state index is 12.0. The Balaban J connectivity index is 2.24. The lowest BCUT2D eigenvalue weighted by Crippen LogP contribution is -2.40. The standard InChI is InChI=1S/C13H25N3O2S/c1-15(9-11-4-7-18-8-5-11)10-13(17)16(2)6-3-12(14)19/h11H,3-10H2,1-2H3,(H2,14,19). The molecule has 0 unspecified atom stereocenters. The van der Waals surface area contributed by atoms with Gasteiger partial charge in [-0.15, -0.1) is 0 Å². The van der Waals surface area contributed by atoms with Gasteiger partial charge >= 0.3 is 0 Å². The predicted octanol–water partition coefficient (Wildman–Crippen LogP) is 0.479. The number of amides is 1. The molecule has 0 radical (unpaired) electrons. The number of carbonyl (C=O) groups is 1. The Morgan fingerprint density at radius 2 is 2.00 bits per heavy atom. The SMILES string of the molecule is CN(CC(=O)N(C)CCC(N)=S)CC1CCOCC1. The number of likely N-dealkylation sites (N-methyl/N-ethyl adjacent to an activating group) is 2. The molecule has 1 fully saturated rings. The molecular formula is C13H25N3O2S. The summed E-state index contributed by atoms with van der Waals surface area (Å²) >= 11 is 4.81. The fourth-order valence-corrected chi connectivity index (χ4v) is 2.28. The Labute approximate surface area is 121 Å². The van der Waals surface area contributed by atoms with Crippen molar-refractivity contribution in [1.82, 2.24) is 9.80 Å². The zero-order valence-corrected chi connectivity index (χ0v) is 12.7. The van der Waals surface area contributed by atoms with Crippen molar-refractivity contribution in [3.05, 3.63) is 0 Å². The summed E-state index contributed by atoms with van der Waals surface area (Å²) < 4.78 is 5.34. The summed E-state index contributed by atoms with van der Waals surface area (Å²) in [6.45, 7) is 3.70. The molecule has 2 N–H and O–H groups in total. The van der Waals surface area contributed by atoms with Crippen molar-refractivity contribution < 1.29 is 9.53 Å². The van der Waals surface area contributed by atoms with Gasteiger partial charge in [-0.1, -0.05) is 12.2 Å². The van der Waals surface area contributed by atoms with Crippen molar-refractivity contribution in [2.24, 2.45) is 11.7 Å². The summed E-state index contributed by atoms with van der Waals surface area (Å²) in [4.78, 5) is 16.2. The van der Waals surface area contributed by atoms with Crippen LogP contribution in [0.2, 0.25) is 0 Å². The van der Waals surface area contributed by atoms with E-state index >= 15 is 0 Å². The molecule has 0 saturated carbocycles. The normalized spacial score (nSPS) is 16.6. The molecule has 1 heterocycles. The second-order valence-corrected chi connectivity index (χ2v) is 5.81. The molecule has 6 heteroatoms. The predicted molar refractivity (Wildman–Crippen MR) is 80.1 cm³/mol. The molecule has 1 aliphatic heterocycles. The van der Waals surface area contributed by atoms with Crippen LogP contribution in [0.25, 0.3) is 0 Å². The summed E-state index contributed by atoms with van der Waals surface area (Å²) in [5.41, 5.74) is 5.44. The van der Waals surface area contributed by atoms with Gasteiger partial charge in [0.15, 0.2) is 0 Å². The minimum absolute atomic E-state index is 0.116. The summed E-state index contributed by atoms with van der Waals surface area (Å²) in [5, 5.41) is 0.